The van der Waals surface area contributed by atoms with Gasteiger partial charge in [-0.1, -0.05) is 36.4 Å². The molecule has 0 fully saturated rings. The number of carboxylic acid groups (broad SMARTS) is 1. The maximum atomic E-state index is 10.9. The molecule has 86 valence electrons. The van der Waals surface area contributed by atoms with Gasteiger partial charge in [0.05, 0.1) is 17.4 Å². The standard InChI is InChI=1S/C14H13NO2.Na/c1-3-15-12(8-9-13(15)14(16)17)11-6-4-10(2)5-7-11;/h3-9H,1H2,2H3,(H,16,17);/q;+1/p-1. The van der Waals surface area contributed by atoms with Crippen molar-refractivity contribution in [1.82, 2.24) is 4.57 Å². The van der Waals surface area contributed by atoms with Crippen LogP contribution in [0.25, 0.3) is 17.5 Å². The number of hydrogen-bond acceptors (Lipinski definition) is 2. The van der Waals surface area contributed by atoms with Gasteiger partial charge in [-0.15, -0.1) is 0 Å². The summed E-state index contributed by atoms with van der Waals surface area (Å²) in [5.74, 6) is -1.21. The Kier molecular flexibility index (Phi) is 4.96. The first kappa shape index (κ1) is 14.8. The Labute approximate surface area is 128 Å². The third-order valence-corrected chi connectivity index (χ3v) is 2.66. The van der Waals surface area contributed by atoms with Crippen LogP contribution in [0.4, 0.5) is 0 Å². The van der Waals surface area contributed by atoms with Crippen molar-refractivity contribution in [3.8, 4) is 11.3 Å². The molecule has 0 N–H and O–H groups in total. The van der Waals surface area contributed by atoms with E-state index in [0.29, 0.717) is 0 Å². The second-order valence-electron chi connectivity index (χ2n) is 3.81. The number of hydrogen-bond donors (Lipinski definition) is 0. The van der Waals surface area contributed by atoms with Gasteiger partial charge in [-0.2, -0.15) is 0 Å². The van der Waals surface area contributed by atoms with Crippen LogP contribution in [0, 0.1) is 6.92 Å². The van der Waals surface area contributed by atoms with E-state index < -0.39 is 5.97 Å². The molecule has 0 spiro atoms. The van der Waals surface area contributed by atoms with Crippen LogP contribution in [-0.2, 0) is 0 Å². The van der Waals surface area contributed by atoms with Gasteiger partial charge in [0.2, 0.25) is 0 Å². The number of nitrogens with zero attached hydrogens (tertiary/aromatic N) is 1. The molecule has 0 saturated carbocycles. The normalized spacial score (nSPS) is 9.61. The van der Waals surface area contributed by atoms with E-state index >= 15 is 0 Å². The van der Waals surface area contributed by atoms with Gasteiger partial charge in [-0.25, -0.2) is 0 Å². The van der Waals surface area contributed by atoms with Crippen LogP contribution >= 0.6 is 0 Å². The molecule has 4 heteroatoms. The molecule has 3 nitrogen and oxygen atoms in total. The Balaban J connectivity index is 0.00000162. The second kappa shape index (κ2) is 6.05. The predicted octanol–water partition coefficient (Wildman–Crippen LogP) is -1.07. The molecule has 0 saturated heterocycles. The molecule has 2 aromatic rings. The summed E-state index contributed by atoms with van der Waals surface area (Å²) in [6.45, 7) is 5.62. The van der Waals surface area contributed by atoms with E-state index in [4.69, 9.17) is 0 Å². The zero-order chi connectivity index (χ0) is 12.4. The first-order chi connectivity index (χ1) is 8.13. The minimum absolute atomic E-state index is 0. The van der Waals surface area contributed by atoms with Crippen molar-refractivity contribution in [1.29, 1.82) is 0 Å². The van der Waals surface area contributed by atoms with Crippen LogP contribution in [0.1, 0.15) is 16.1 Å². The summed E-state index contributed by atoms with van der Waals surface area (Å²) in [6.07, 6.45) is 1.47. The van der Waals surface area contributed by atoms with Crippen LogP contribution in [0.5, 0.6) is 0 Å². The molecule has 0 aliphatic carbocycles. The molecular weight excluding hydrogens is 237 g/mol. The number of benzene rings is 1. The van der Waals surface area contributed by atoms with E-state index in [1.54, 1.807) is 6.07 Å². The van der Waals surface area contributed by atoms with E-state index in [2.05, 4.69) is 6.58 Å². The molecule has 1 heterocycles. The minimum atomic E-state index is -1.21. The molecule has 1 aromatic carbocycles. The summed E-state index contributed by atoms with van der Waals surface area (Å²) in [6, 6.07) is 11.1. The quantitative estimate of drug-likeness (QED) is 0.650. The van der Waals surface area contributed by atoms with Crippen molar-refractivity contribution >= 4 is 12.2 Å². The zero-order valence-corrected chi connectivity index (χ0v) is 12.5. The molecule has 0 aliphatic rings. The van der Waals surface area contributed by atoms with Crippen LogP contribution in [0.3, 0.4) is 0 Å². The summed E-state index contributed by atoms with van der Waals surface area (Å²) in [5.41, 5.74) is 3.00. The van der Waals surface area contributed by atoms with Crippen LogP contribution in [0.2, 0.25) is 0 Å². The molecule has 0 atom stereocenters. The van der Waals surface area contributed by atoms with Gasteiger partial charge >= 0.3 is 29.6 Å². The van der Waals surface area contributed by atoms with E-state index in [1.165, 1.54) is 16.8 Å². The van der Waals surface area contributed by atoms with Crippen molar-refractivity contribution in [2.45, 2.75) is 6.92 Å². The van der Waals surface area contributed by atoms with E-state index in [1.807, 2.05) is 31.2 Å². The SMILES string of the molecule is C=Cn1c(C(=O)[O-])ccc1-c1ccc(C)cc1.[Na+]. The Morgan fingerprint density at radius 1 is 1.22 bits per heavy atom. The third-order valence-electron chi connectivity index (χ3n) is 2.66. The van der Waals surface area contributed by atoms with Crippen molar-refractivity contribution in [3.63, 3.8) is 0 Å². The number of aryl methyl sites for hydroxylation is 1. The molecule has 1 aromatic heterocycles. The monoisotopic (exact) mass is 249 g/mol. The Morgan fingerprint density at radius 2 is 1.83 bits per heavy atom. The van der Waals surface area contributed by atoms with Gasteiger partial charge in [0.25, 0.3) is 0 Å². The summed E-state index contributed by atoms with van der Waals surface area (Å²) in [7, 11) is 0. The predicted molar refractivity (Wildman–Crippen MR) is 65.3 cm³/mol. The van der Waals surface area contributed by atoms with E-state index in [0.717, 1.165) is 16.8 Å². The summed E-state index contributed by atoms with van der Waals surface area (Å²) in [4.78, 5) is 10.9. The fourth-order valence-corrected chi connectivity index (χ4v) is 1.77. The molecule has 0 bridgehead atoms. The van der Waals surface area contributed by atoms with Gasteiger partial charge in [0, 0.05) is 6.20 Å². The Hall–Kier alpha value is -1.29. The van der Waals surface area contributed by atoms with Crippen molar-refractivity contribution < 1.29 is 39.5 Å². The Morgan fingerprint density at radius 3 is 2.33 bits per heavy atom. The van der Waals surface area contributed by atoms with Gasteiger partial charge in [0.1, 0.15) is 0 Å². The van der Waals surface area contributed by atoms with Crippen LogP contribution in [-0.4, -0.2) is 10.5 Å². The Bertz CT molecular complexity index is 570. The summed E-state index contributed by atoms with van der Waals surface area (Å²) < 4.78 is 1.51. The topological polar surface area (TPSA) is 45.1 Å². The number of carbonyl (C=O) groups is 1. The number of aromatic carboxylic acids is 1. The van der Waals surface area contributed by atoms with Crippen molar-refractivity contribution in [2.75, 3.05) is 0 Å². The first-order valence-electron chi connectivity index (χ1n) is 5.25. The van der Waals surface area contributed by atoms with Gasteiger partial charge in [-0.05, 0) is 24.6 Å². The van der Waals surface area contributed by atoms with Crippen molar-refractivity contribution in [3.05, 3.63) is 54.2 Å². The molecule has 0 radical (unpaired) electrons. The van der Waals surface area contributed by atoms with Gasteiger partial charge in [0.15, 0.2) is 0 Å². The van der Waals surface area contributed by atoms with E-state index in [-0.39, 0.29) is 35.3 Å². The number of carbonyl (C=O) groups excluding carboxylic acids is 1. The van der Waals surface area contributed by atoms with E-state index in [9.17, 15) is 9.90 Å². The number of rotatable bonds is 3. The van der Waals surface area contributed by atoms with Gasteiger partial charge < -0.3 is 14.5 Å². The molecule has 18 heavy (non-hydrogen) atoms. The average Bonchev–Trinajstić information content (AvgIpc) is 2.73. The fraction of sp³-hybridized carbons (Fsp3) is 0.0714. The molecule has 0 amide bonds. The maximum absolute atomic E-state index is 10.9. The summed E-state index contributed by atoms with van der Waals surface area (Å²) >= 11 is 0. The molecule has 0 aliphatic heterocycles. The van der Waals surface area contributed by atoms with Crippen LogP contribution < -0.4 is 34.7 Å². The fourth-order valence-electron chi connectivity index (χ4n) is 1.77. The first-order valence-corrected chi connectivity index (χ1v) is 5.25. The van der Waals surface area contributed by atoms with Crippen molar-refractivity contribution in [2.24, 2.45) is 0 Å². The molecule has 2 rings (SSSR count). The molecular formula is C14H12NNaO2. The maximum Gasteiger partial charge on any atom is 1.00 e. The number of aromatic nitrogens is 1. The number of carboxylic acids is 1. The summed E-state index contributed by atoms with van der Waals surface area (Å²) in [5, 5.41) is 10.9. The zero-order valence-electron chi connectivity index (χ0n) is 10.5. The smallest absolute Gasteiger partial charge is 0.543 e. The third kappa shape index (κ3) is 2.75. The average molecular weight is 249 g/mol. The van der Waals surface area contributed by atoms with Gasteiger partial charge in [-0.3, -0.25) is 0 Å². The molecule has 0 unspecified atom stereocenters. The largest absolute Gasteiger partial charge is 1.00 e. The van der Waals surface area contributed by atoms with Crippen LogP contribution in [0.15, 0.2) is 43.0 Å². The second-order valence-corrected chi connectivity index (χ2v) is 3.81. The minimum Gasteiger partial charge on any atom is -0.543 e.